The highest BCUT2D eigenvalue weighted by molar-refractivity contribution is 5.85. The first kappa shape index (κ1) is 20.8. The Bertz CT molecular complexity index is 890. The largest absolute Gasteiger partial charge is 0.573 e. The molecule has 1 N–H and O–H groups in total. The number of carbonyl (C=O) groups is 1. The van der Waals surface area contributed by atoms with Crippen LogP contribution in [0.5, 0.6) is 11.5 Å². The smallest absolute Gasteiger partial charge is 0.508 e. The molecule has 29 heavy (non-hydrogen) atoms. The molecular formula is C22H21F3O4. The van der Waals surface area contributed by atoms with Crippen molar-refractivity contribution in [3.8, 4) is 11.5 Å². The first-order valence-corrected chi connectivity index (χ1v) is 9.19. The molecular weight excluding hydrogens is 385 g/mol. The molecule has 4 nitrogen and oxygen atoms in total. The lowest BCUT2D eigenvalue weighted by atomic mass is 9.65. The summed E-state index contributed by atoms with van der Waals surface area (Å²) in [6.07, 6.45) is -0.323. The van der Waals surface area contributed by atoms with Crippen molar-refractivity contribution < 1.29 is 32.5 Å². The molecule has 0 aliphatic heterocycles. The zero-order valence-electron chi connectivity index (χ0n) is 15.8. The monoisotopic (exact) mass is 406 g/mol. The van der Waals surface area contributed by atoms with E-state index in [1.165, 1.54) is 30.3 Å². The summed E-state index contributed by atoms with van der Waals surface area (Å²) in [5.41, 5.74) is -0.483. The van der Waals surface area contributed by atoms with E-state index < -0.39 is 23.5 Å². The minimum Gasteiger partial charge on any atom is -0.508 e. The van der Waals surface area contributed by atoms with Gasteiger partial charge in [-0.15, -0.1) is 13.2 Å². The van der Waals surface area contributed by atoms with Crippen LogP contribution < -0.4 is 4.74 Å². The lowest BCUT2D eigenvalue weighted by Crippen LogP contribution is -2.44. The van der Waals surface area contributed by atoms with Crippen molar-refractivity contribution in [1.29, 1.82) is 0 Å². The zero-order valence-corrected chi connectivity index (χ0v) is 15.8. The summed E-state index contributed by atoms with van der Waals surface area (Å²) < 4.78 is 48.6. The number of hydrogen-bond donors (Lipinski definition) is 1. The van der Waals surface area contributed by atoms with E-state index in [1.54, 1.807) is 25.1 Å². The van der Waals surface area contributed by atoms with Crippen LogP contribution in [0, 0.1) is 5.92 Å². The van der Waals surface area contributed by atoms with Crippen LogP contribution in [0.3, 0.4) is 0 Å². The molecule has 0 aromatic heterocycles. The summed E-state index contributed by atoms with van der Waals surface area (Å²) in [5, 5.41) is 9.36. The molecule has 154 valence electrons. The van der Waals surface area contributed by atoms with Crippen LogP contribution in [-0.4, -0.2) is 17.4 Å². The van der Waals surface area contributed by atoms with Gasteiger partial charge in [-0.1, -0.05) is 49.4 Å². The highest BCUT2D eigenvalue weighted by atomic mass is 19.4. The summed E-state index contributed by atoms with van der Waals surface area (Å²) in [6, 6.07) is 11.9. The van der Waals surface area contributed by atoms with Gasteiger partial charge >= 0.3 is 12.3 Å². The highest BCUT2D eigenvalue weighted by Crippen LogP contribution is 2.46. The van der Waals surface area contributed by atoms with Crippen molar-refractivity contribution in [1.82, 2.24) is 0 Å². The van der Waals surface area contributed by atoms with Crippen molar-refractivity contribution in [2.24, 2.45) is 5.92 Å². The number of para-hydroxylation sites is 1. The molecule has 1 unspecified atom stereocenters. The predicted molar refractivity (Wildman–Crippen MR) is 100 cm³/mol. The Kier molecular flexibility index (Phi) is 5.86. The van der Waals surface area contributed by atoms with E-state index in [0.717, 1.165) is 0 Å². The SMILES string of the molecule is CC1C=CCC[C@@]1(C(=O)OCc1ccc(O)cc1)c1ccccc1OC(F)(F)F. The molecule has 0 saturated carbocycles. The summed E-state index contributed by atoms with van der Waals surface area (Å²) >= 11 is 0. The third-order valence-electron chi connectivity index (χ3n) is 5.17. The normalized spacial score (nSPS) is 21.6. The molecule has 3 rings (SSSR count). The molecule has 2 aromatic rings. The van der Waals surface area contributed by atoms with Gasteiger partial charge in [0.15, 0.2) is 0 Å². The van der Waals surface area contributed by atoms with Crippen molar-refractivity contribution in [3.05, 3.63) is 71.8 Å². The lowest BCUT2D eigenvalue weighted by molar-refractivity contribution is -0.275. The number of phenolic OH excluding ortho intramolecular Hbond substituents is 1. The number of rotatable bonds is 5. The maximum atomic E-state index is 13.2. The molecule has 1 aliphatic carbocycles. The minimum absolute atomic E-state index is 0.0560. The summed E-state index contributed by atoms with van der Waals surface area (Å²) in [6.45, 7) is 1.72. The summed E-state index contributed by atoms with van der Waals surface area (Å²) in [5.74, 6) is -1.31. The van der Waals surface area contributed by atoms with E-state index in [9.17, 15) is 23.1 Å². The number of ether oxygens (including phenoxy) is 2. The quantitative estimate of drug-likeness (QED) is 0.544. The van der Waals surface area contributed by atoms with Crippen LogP contribution in [-0.2, 0) is 21.6 Å². The predicted octanol–water partition coefficient (Wildman–Crippen LogP) is 5.26. The first-order chi connectivity index (χ1) is 13.7. The van der Waals surface area contributed by atoms with Crippen LogP contribution in [0.1, 0.15) is 30.9 Å². The van der Waals surface area contributed by atoms with E-state index in [1.807, 2.05) is 12.2 Å². The van der Waals surface area contributed by atoms with E-state index >= 15 is 0 Å². The fraction of sp³-hybridized carbons (Fsp3) is 0.318. The zero-order chi connectivity index (χ0) is 21.1. The molecule has 0 saturated heterocycles. The van der Waals surface area contributed by atoms with Gasteiger partial charge in [0.25, 0.3) is 0 Å². The van der Waals surface area contributed by atoms with E-state index in [4.69, 9.17) is 4.74 Å². The number of phenols is 1. The number of hydrogen-bond acceptors (Lipinski definition) is 4. The lowest BCUT2D eigenvalue weighted by Gasteiger charge is -2.39. The molecule has 2 aromatic carbocycles. The fourth-order valence-corrected chi connectivity index (χ4v) is 3.70. The average Bonchev–Trinajstić information content (AvgIpc) is 2.67. The number of aromatic hydroxyl groups is 1. The van der Waals surface area contributed by atoms with Gasteiger partial charge in [0.2, 0.25) is 0 Å². The highest BCUT2D eigenvalue weighted by Gasteiger charge is 2.49. The van der Waals surface area contributed by atoms with Gasteiger partial charge in [-0.25, -0.2) is 0 Å². The topological polar surface area (TPSA) is 55.8 Å². The van der Waals surface area contributed by atoms with Crippen LogP contribution in [0.2, 0.25) is 0 Å². The number of esters is 1. The molecule has 0 heterocycles. The Hall–Kier alpha value is -2.96. The van der Waals surface area contributed by atoms with Crippen molar-refractivity contribution >= 4 is 5.97 Å². The molecule has 1 aliphatic rings. The van der Waals surface area contributed by atoms with Gasteiger partial charge in [0.05, 0.1) is 0 Å². The number of benzene rings is 2. The van der Waals surface area contributed by atoms with E-state index in [0.29, 0.717) is 18.4 Å². The third kappa shape index (κ3) is 4.55. The molecule has 0 bridgehead atoms. The summed E-state index contributed by atoms with van der Waals surface area (Å²) in [7, 11) is 0. The standard InChI is InChI=1S/C22H21F3O4/c1-15-6-4-5-13-21(15,18-7-2-3-8-19(18)29-22(23,24)25)20(27)28-14-16-9-11-17(26)12-10-16/h2-4,6-12,15,26H,5,13-14H2,1H3/t15?,21-/m0/s1. The van der Waals surface area contributed by atoms with Gasteiger partial charge in [-0.05, 0) is 42.5 Å². The van der Waals surface area contributed by atoms with Crippen LogP contribution in [0.25, 0.3) is 0 Å². The number of carbonyl (C=O) groups excluding carboxylic acids is 1. The Labute approximate surface area is 166 Å². The number of allylic oxidation sites excluding steroid dienone is 2. The van der Waals surface area contributed by atoms with Gasteiger partial charge < -0.3 is 14.6 Å². The van der Waals surface area contributed by atoms with E-state index in [2.05, 4.69) is 4.74 Å². The maximum Gasteiger partial charge on any atom is 0.573 e. The van der Waals surface area contributed by atoms with Gasteiger partial charge in [-0.2, -0.15) is 0 Å². The summed E-state index contributed by atoms with van der Waals surface area (Å²) in [4.78, 5) is 13.2. The first-order valence-electron chi connectivity index (χ1n) is 9.19. The molecule has 2 atom stereocenters. The molecule has 0 radical (unpaired) electrons. The average molecular weight is 406 g/mol. The van der Waals surface area contributed by atoms with Crippen LogP contribution >= 0.6 is 0 Å². The number of alkyl halides is 3. The Morgan fingerprint density at radius 3 is 2.52 bits per heavy atom. The second-order valence-electron chi connectivity index (χ2n) is 7.01. The molecule has 0 amide bonds. The van der Waals surface area contributed by atoms with Crippen LogP contribution in [0.4, 0.5) is 13.2 Å². The second kappa shape index (κ2) is 8.19. The van der Waals surface area contributed by atoms with E-state index in [-0.39, 0.29) is 23.8 Å². The molecule has 7 heteroatoms. The molecule has 0 fully saturated rings. The van der Waals surface area contributed by atoms with Gasteiger partial charge in [0, 0.05) is 5.56 Å². The third-order valence-corrected chi connectivity index (χ3v) is 5.17. The van der Waals surface area contributed by atoms with Crippen LogP contribution in [0.15, 0.2) is 60.7 Å². The van der Waals surface area contributed by atoms with Crippen molar-refractivity contribution in [2.45, 2.75) is 38.1 Å². The second-order valence-corrected chi connectivity index (χ2v) is 7.01. The minimum atomic E-state index is -4.87. The number of halogens is 3. The van der Waals surface area contributed by atoms with Gasteiger partial charge in [-0.3, -0.25) is 4.79 Å². The van der Waals surface area contributed by atoms with Gasteiger partial charge in [0.1, 0.15) is 23.5 Å². The van der Waals surface area contributed by atoms with Crippen molar-refractivity contribution in [3.63, 3.8) is 0 Å². The maximum absolute atomic E-state index is 13.2. The fourth-order valence-electron chi connectivity index (χ4n) is 3.70. The van der Waals surface area contributed by atoms with Crippen molar-refractivity contribution in [2.75, 3.05) is 0 Å². The molecule has 0 spiro atoms. The Balaban J connectivity index is 1.96. The Morgan fingerprint density at radius 1 is 1.17 bits per heavy atom. The Morgan fingerprint density at radius 2 is 1.86 bits per heavy atom.